The second-order valence-electron chi connectivity index (χ2n) is 10.3. The molecule has 7 heteroatoms. The second-order valence-corrected chi connectivity index (χ2v) is 11.2. The maximum absolute atomic E-state index is 13.5. The van der Waals surface area contributed by atoms with Gasteiger partial charge in [0.1, 0.15) is 29.9 Å². The van der Waals surface area contributed by atoms with Gasteiger partial charge in [-0.25, -0.2) is 4.79 Å². The maximum atomic E-state index is 13.5. The van der Waals surface area contributed by atoms with Crippen LogP contribution < -0.4 is 14.8 Å². The van der Waals surface area contributed by atoms with Crippen molar-refractivity contribution in [2.24, 2.45) is 0 Å². The van der Waals surface area contributed by atoms with E-state index in [2.05, 4.69) is 21.2 Å². The molecule has 0 aliphatic carbocycles. The molecule has 44 heavy (non-hydrogen) atoms. The molecule has 6 nitrogen and oxygen atoms in total. The van der Waals surface area contributed by atoms with Gasteiger partial charge in [-0.15, -0.1) is 0 Å². The van der Waals surface area contributed by atoms with Gasteiger partial charge in [-0.1, -0.05) is 106 Å². The highest BCUT2D eigenvalue weighted by molar-refractivity contribution is 9.10. The van der Waals surface area contributed by atoms with Crippen LogP contribution in [0.15, 0.2) is 126 Å². The number of carbonyl (C=O) groups is 2. The molecule has 0 aliphatic heterocycles. The van der Waals surface area contributed by atoms with Gasteiger partial charge < -0.3 is 19.5 Å². The van der Waals surface area contributed by atoms with Gasteiger partial charge in [0.15, 0.2) is 0 Å². The number of ether oxygens (including phenoxy) is 3. The van der Waals surface area contributed by atoms with Crippen LogP contribution in [0.1, 0.15) is 27.0 Å². The Morgan fingerprint density at radius 1 is 0.773 bits per heavy atom. The van der Waals surface area contributed by atoms with Crippen LogP contribution in [0.4, 0.5) is 0 Å². The summed E-state index contributed by atoms with van der Waals surface area (Å²) in [5.41, 5.74) is 5.21. The van der Waals surface area contributed by atoms with Gasteiger partial charge in [0.25, 0.3) is 5.91 Å². The van der Waals surface area contributed by atoms with Crippen molar-refractivity contribution in [2.75, 3.05) is 7.11 Å². The van der Waals surface area contributed by atoms with Crippen LogP contribution in [-0.2, 0) is 22.6 Å². The minimum atomic E-state index is -0.906. The van der Waals surface area contributed by atoms with E-state index in [9.17, 15) is 9.59 Å². The van der Waals surface area contributed by atoms with Crippen molar-refractivity contribution in [3.63, 3.8) is 0 Å². The lowest BCUT2D eigenvalue weighted by Gasteiger charge is -2.19. The van der Waals surface area contributed by atoms with E-state index in [0.29, 0.717) is 22.4 Å². The molecule has 5 rings (SSSR count). The first-order chi connectivity index (χ1) is 21.4. The van der Waals surface area contributed by atoms with Gasteiger partial charge in [0.2, 0.25) is 0 Å². The fourth-order valence-electron chi connectivity index (χ4n) is 4.69. The molecule has 0 unspecified atom stereocenters. The third-order valence-electron chi connectivity index (χ3n) is 7.06. The fraction of sp³-hybridized carbons (Fsp3) is 0.135. The van der Waals surface area contributed by atoms with Crippen LogP contribution in [0, 0.1) is 6.92 Å². The van der Waals surface area contributed by atoms with Gasteiger partial charge >= 0.3 is 5.97 Å². The van der Waals surface area contributed by atoms with Crippen molar-refractivity contribution >= 4 is 27.8 Å². The number of rotatable bonds is 11. The smallest absolute Gasteiger partial charge is 0.328 e. The number of para-hydroxylation sites is 2. The highest BCUT2D eigenvalue weighted by Crippen LogP contribution is 2.33. The molecule has 0 radical (unpaired) electrons. The van der Waals surface area contributed by atoms with Crippen LogP contribution in [0.5, 0.6) is 17.2 Å². The molecule has 0 saturated heterocycles. The summed E-state index contributed by atoms with van der Waals surface area (Å²) in [5.74, 6) is 0.920. The topological polar surface area (TPSA) is 73.9 Å². The number of methoxy groups -OCH3 is 1. The van der Waals surface area contributed by atoms with Gasteiger partial charge in [0, 0.05) is 16.5 Å². The molecule has 0 heterocycles. The minimum Gasteiger partial charge on any atom is -0.488 e. The summed E-state index contributed by atoms with van der Waals surface area (Å²) in [6.45, 7) is 2.32. The monoisotopic (exact) mass is 649 g/mol. The summed E-state index contributed by atoms with van der Waals surface area (Å²) in [6.07, 6.45) is 0.244. The van der Waals surface area contributed by atoms with E-state index in [1.807, 2.05) is 116 Å². The van der Waals surface area contributed by atoms with E-state index in [-0.39, 0.29) is 6.42 Å². The van der Waals surface area contributed by atoms with Crippen LogP contribution in [-0.4, -0.2) is 25.0 Å². The van der Waals surface area contributed by atoms with Crippen molar-refractivity contribution in [3.8, 4) is 28.4 Å². The van der Waals surface area contributed by atoms with Crippen molar-refractivity contribution in [3.05, 3.63) is 148 Å². The summed E-state index contributed by atoms with van der Waals surface area (Å²) in [5, 5.41) is 2.85. The third-order valence-corrected chi connectivity index (χ3v) is 7.55. The normalized spacial score (nSPS) is 11.3. The third kappa shape index (κ3) is 7.94. The molecule has 0 aliphatic rings. The standard InChI is InChI=1S/C37H32BrNO5/c1-25-12-14-27(15-13-25)24-43-34-21-20-29(38)23-32(34)36(40)39-33(37(41)42-2)22-26-16-18-28(19-17-26)31-10-6-7-11-35(31)44-30-8-4-3-5-9-30/h3-21,23,33H,22,24H2,1-2H3,(H,39,40)/t33-/m0/s1. The number of carbonyl (C=O) groups excluding carboxylic acids is 2. The Bertz CT molecular complexity index is 1720. The second kappa shape index (κ2) is 14.5. The maximum Gasteiger partial charge on any atom is 0.328 e. The zero-order chi connectivity index (χ0) is 30.9. The lowest BCUT2D eigenvalue weighted by atomic mass is 9.99. The SMILES string of the molecule is COC(=O)[C@H](Cc1ccc(-c2ccccc2Oc2ccccc2)cc1)NC(=O)c1cc(Br)ccc1OCc1ccc(C)cc1. The molecule has 5 aromatic carbocycles. The number of aryl methyl sites for hydroxylation is 1. The van der Waals surface area contributed by atoms with E-state index in [0.717, 1.165) is 39.3 Å². The first kappa shape index (κ1) is 30.6. The molecular weight excluding hydrogens is 618 g/mol. The van der Waals surface area contributed by atoms with Gasteiger partial charge in [0.05, 0.1) is 12.7 Å². The highest BCUT2D eigenvalue weighted by atomic mass is 79.9. The van der Waals surface area contributed by atoms with Gasteiger partial charge in [-0.05, 0) is 60.0 Å². The first-order valence-electron chi connectivity index (χ1n) is 14.2. The van der Waals surface area contributed by atoms with Gasteiger partial charge in [-0.2, -0.15) is 0 Å². The van der Waals surface area contributed by atoms with Crippen LogP contribution in [0.3, 0.4) is 0 Å². The van der Waals surface area contributed by atoms with Crippen molar-refractivity contribution in [2.45, 2.75) is 26.0 Å². The lowest BCUT2D eigenvalue weighted by Crippen LogP contribution is -2.43. The summed E-state index contributed by atoms with van der Waals surface area (Å²) < 4.78 is 17.9. The average molecular weight is 651 g/mol. The number of hydrogen-bond acceptors (Lipinski definition) is 5. The van der Waals surface area contributed by atoms with E-state index in [4.69, 9.17) is 14.2 Å². The zero-order valence-corrected chi connectivity index (χ0v) is 26.0. The van der Waals surface area contributed by atoms with Gasteiger partial charge in [-0.3, -0.25) is 4.79 Å². The summed E-state index contributed by atoms with van der Waals surface area (Å²) in [7, 11) is 1.31. The molecule has 0 fully saturated rings. The highest BCUT2D eigenvalue weighted by Gasteiger charge is 2.25. The quantitative estimate of drug-likeness (QED) is 0.146. The van der Waals surface area contributed by atoms with E-state index in [1.54, 1.807) is 12.1 Å². The zero-order valence-electron chi connectivity index (χ0n) is 24.5. The van der Waals surface area contributed by atoms with Crippen LogP contribution in [0.2, 0.25) is 0 Å². The molecule has 5 aromatic rings. The molecule has 1 N–H and O–H groups in total. The predicted molar refractivity (Wildman–Crippen MR) is 175 cm³/mol. The molecule has 0 aromatic heterocycles. The van der Waals surface area contributed by atoms with Crippen molar-refractivity contribution in [1.29, 1.82) is 0 Å². The fourth-order valence-corrected chi connectivity index (χ4v) is 5.05. The van der Waals surface area contributed by atoms with Crippen LogP contribution in [0.25, 0.3) is 11.1 Å². The largest absolute Gasteiger partial charge is 0.488 e. The Hall–Kier alpha value is -4.88. The Morgan fingerprint density at radius 3 is 2.18 bits per heavy atom. The molecule has 0 spiro atoms. The molecule has 1 atom stereocenters. The van der Waals surface area contributed by atoms with Crippen molar-refractivity contribution in [1.82, 2.24) is 5.32 Å². The minimum absolute atomic E-state index is 0.244. The van der Waals surface area contributed by atoms with E-state index < -0.39 is 17.9 Å². The van der Waals surface area contributed by atoms with E-state index >= 15 is 0 Å². The Labute approximate surface area is 265 Å². The molecule has 1 amide bonds. The number of nitrogens with one attached hydrogen (secondary N) is 1. The lowest BCUT2D eigenvalue weighted by molar-refractivity contribution is -0.142. The predicted octanol–water partition coefficient (Wildman–Crippen LogP) is 8.31. The number of benzene rings is 5. The number of halogens is 1. The van der Waals surface area contributed by atoms with Crippen molar-refractivity contribution < 1.29 is 23.8 Å². The average Bonchev–Trinajstić information content (AvgIpc) is 3.05. The molecular formula is C37H32BrNO5. The Kier molecular flexibility index (Phi) is 10.1. The summed E-state index contributed by atoms with van der Waals surface area (Å²) in [6, 6.07) is 37.6. The molecule has 0 saturated carbocycles. The molecule has 222 valence electrons. The molecule has 0 bridgehead atoms. The number of esters is 1. The number of amides is 1. The number of hydrogen-bond donors (Lipinski definition) is 1. The van der Waals surface area contributed by atoms with E-state index in [1.165, 1.54) is 7.11 Å². The van der Waals surface area contributed by atoms with Crippen LogP contribution >= 0.6 is 15.9 Å². The first-order valence-corrected chi connectivity index (χ1v) is 15.0. The summed E-state index contributed by atoms with van der Waals surface area (Å²) in [4.78, 5) is 26.3. The summed E-state index contributed by atoms with van der Waals surface area (Å²) >= 11 is 3.44. The Morgan fingerprint density at radius 2 is 1.45 bits per heavy atom. The Balaban J connectivity index is 1.30.